The number of aromatic nitrogens is 1. The number of unbranched alkanes of at least 4 members (excludes halogenated alkanes) is 1. The van der Waals surface area contributed by atoms with E-state index in [0.29, 0.717) is 5.92 Å². The van der Waals surface area contributed by atoms with Gasteiger partial charge in [-0.3, -0.25) is 4.98 Å². The van der Waals surface area contributed by atoms with Gasteiger partial charge in [0, 0.05) is 35.5 Å². The molecule has 0 aliphatic heterocycles. The van der Waals surface area contributed by atoms with Crippen molar-refractivity contribution in [1.29, 1.82) is 0 Å². The molecule has 1 aromatic heterocycles. The van der Waals surface area contributed by atoms with E-state index in [-0.39, 0.29) is 6.04 Å². The first-order valence-electron chi connectivity index (χ1n) is 7.79. The van der Waals surface area contributed by atoms with Crippen molar-refractivity contribution in [2.75, 3.05) is 7.11 Å². The van der Waals surface area contributed by atoms with Gasteiger partial charge in [0.05, 0.1) is 7.11 Å². The molecule has 0 saturated heterocycles. The summed E-state index contributed by atoms with van der Waals surface area (Å²) >= 11 is 0. The van der Waals surface area contributed by atoms with Crippen LogP contribution in [0.5, 0.6) is 5.75 Å². The lowest BCUT2D eigenvalue weighted by Gasteiger charge is -2.23. The molecule has 2 atom stereocenters. The highest BCUT2D eigenvalue weighted by molar-refractivity contribution is 5.41. The van der Waals surface area contributed by atoms with E-state index in [1.54, 1.807) is 7.11 Å². The molecular weight excluding hydrogens is 248 g/mol. The molecule has 0 saturated carbocycles. The van der Waals surface area contributed by atoms with Crippen molar-refractivity contribution < 1.29 is 4.74 Å². The zero-order valence-corrected chi connectivity index (χ0v) is 13.7. The summed E-state index contributed by atoms with van der Waals surface area (Å²) in [6.45, 7) is 8.57. The van der Waals surface area contributed by atoms with Crippen LogP contribution in [0.2, 0.25) is 0 Å². The van der Waals surface area contributed by atoms with E-state index in [1.165, 1.54) is 19.3 Å². The highest BCUT2D eigenvalue weighted by Crippen LogP contribution is 2.26. The number of pyridine rings is 1. The number of nitrogens with two attached hydrogens (primary N) is 1. The number of hydrogen-bond acceptors (Lipinski definition) is 3. The summed E-state index contributed by atoms with van der Waals surface area (Å²) in [7, 11) is 1.72. The molecule has 1 heterocycles. The van der Waals surface area contributed by atoms with Gasteiger partial charge in [0.15, 0.2) is 0 Å². The van der Waals surface area contributed by atoms with Crippen molar-refractivity contribution in [2.24, 2.45) is 11.7 Å². The highest BCUT2D eigenvalue weighted by Gasteiger charge is 2.19. The average molecular weight is 278 g/mol. The molecule has 1 aromatic rings. The maximum absolute atomic E-state index is 6.42. The smallest absolute Gasteiger partial charge is 0.128 e. The molecule has 20 heavy (non-hydrogen) atoms. The van der Waals surface area contributed by atoms with Crippen LogP contribution in [0.3, 0.4) is 0 Å². The van der Waals surface area contributed by atoms with Crippen LogP contribution >= 0.6 is 0 Å². The summed E-state index contributed by atoms with van der Waals surface area (Å²) in [6, 6.07) is 0.185. The van der Waals surface area contributed by atoms with Crippen LogP contribution in [0.4, 0.5) is 0 Å². The van der Waals surface area contributed by atoms with Crippen LogP contribution in [0.25, 0.3) is 0 Å². The van der Waals surface area contributed by atoms with Gasteiger partial charge >= 0.3 is 0 Å². The lowest BCUT2D eigenvalue weighted by molar-refractivity contribution is 0.365. The first kappa shape index (κ1) is 17.0. The lowest BCUT2D eigenvalue weighted by atomic mass is 9.88. The number of aryl methyl sites for hydroxylation is 1. The Morgan fingerprint density at radius 1 is 1.30 bits per heavy atom. The van der Waals surface area contributed by atoms with Crippen LogP contribution in [-0.2, 0) is 6.42 Å². The first-order valence-corrected chi connectivity index (χ1v) is 7.79. The summed E-state index contributed by atoms with van der Waals surface area (Å²) in [5.41, 5.74) is 9.71. The van der Waals surface area contributed by atoms with Crippen molar-refractivity contribution in [2.45, 2.75) is 65.8 Å². The molecule has 0 spiro atoms. The Morgan fingerprint density at radius 3 is 2.55 bits per heavy atom. The Morgan fingerprint density at radius 2 is 2.00 bits per heavy atom. The molecule has 0 radical (unpaired) electrons. The third-order valence-corrected chi connectivity index (χ3v) is 4.24. The van der Waals surface area contributed by atoms with Gasteiger partial charge in [-0.1, -0.05) is 33.1 Å². The number of nitrogens with zero attached hydrogens (tertiary/aromatic N) is 1. The molecule has 0 aromatic carbocycles. The minimum atomic E-state index is 0.185. The second kappa shape index (κ2) is 8.25. The van der Waals surface area contributed by atoms with Gasteiger partial charge in [0.1, 0.15) is 5.75 Å². The summed E-state index contributed by atoms with van der Waals surface area (Å²) in [5, 5.41) is 0. The quantitative estimate of drug-likeness (QED) is 0.787. The second-order valence-corrected chi connectivity index (χ2v) is 5.72. The van der Waals surface area contributed by atoms with Crippen molar-refractivity contribution in [3.63, 3.8) is 0 Å². The average Bonchev–Trinajstić information content (AvgIpc) is 2.43. The molecule has 2 N–H and O–H groups in total. The Balaban J connectivity index is 2.81. The normalized spacial score (nSPS) is 14.1. The third-order valence-electron chi connectivity index (χ3n) is 4.24. The number of hydrogen-bond donors (Lipinski definition) is 1. The monoisotopic (exact) mass is 278 g/mol. The van der Waals surface area contributed by atoms with Crippen LogP contribution in [-0.4, -0.2) is 18.1 Å². The van der Waals surface area contributed by atoms with Crippen molar-refractivity contribution >= 4 is 0 Å². The molecule has 3 heteroatoms. The molecule has 0 aliphatic carbocycles. The van der Waals surface area contributed by atoms with Gasteiger partial charge < -0.3 is 10.5 Å². The predicted octanol–water partition coefficient (Wildman–Crippen LogP) is 3.79. The molecule has 0 amide bonds. The van der Waals surface area contributed by atoms with Crippen molar-refractivity contribution in [3.05, 3.63) is 23.0 Å². The van der Waals surface area contributed by atoms with Crippen molar-refractivity contribution in [1.82, 2.24) is 4.98 Å². The van der Waals surface area contributed by atoms with E-state index >= 15 is 0 Å². The fourth-order valence-electron chi connectivity index (χ4n) is 2.85. The molecule has 114 valence electrons. The van der Waals surface area contributed by atoms with E-state index in [2.05, 4.69) is 25.8 Å². The van der Waals surface area contributed by atoms with E-state index in [4.69, 9.17) is 10.5 Å². The van der Waals surface area contributed by atoms with Gasteiger partial charge in [-0.2, -0.15) is 0 Å². The maximum atomic E-state index is 6.42. The molecule has 2 unspecified atom stereocenters. The largest absolute Gasteiger partial charge is 0.496 e. The van der Waals surface area contributed by atoms with E-state index in [9.17, 15) is 0 Å². The van der Waals surface area contributed by atoms with Gasteiger partial charge in [-0.05, 0) is 26.2 Å². The first-order chi connectivity index (χ1) is 9.54. The maximum Gasteiger partial charge on any atom is 0.128 e. The molecular formula is C17H30N2O. The summed E-state index contributed by atoms with van der Waals surface area (Å²) in [4.78, 5) is 4.56. The minimum absolute atomic E-state index is 0.185. The van der Waals surface area contributed by atoms with E-state index in [1.807, 2.05) is 13.1 Å². The molecule has 3 nitrogen and oxygen atoms in total. The van der Waals surface area contributed by atoms with Gasteiger partial charge in [-0.25, -0.2) is 0 Å². The third kappa shape index (κ3) is 4.20. The standard InChI is InChI=1S/C17H30N2O/c1-6-8-9-14(7-2)15(18)10-16-13(4)17(20-5)12(3)11-19-16/h11,14-15H,6-10,18H2,1-5H3. The predicted molar refractivity (Wildman–Crippen MR) is 85.2 cm³/mol. The molecule has 1 rings (SSSR count). The van der Waals surface area contributed by atoms with Crippen LogP contribution in [0.1, 0.15) is 56.4 Å². The Kier molecular flexibility index (Phi) is 7.00. The molecule has 0 aliphatic rings. The second-order valence-electron chi connectivity index (χ2n) is 5.72. The van der Waals surface area contributed by atoms with Crippen LogP contribution in [0, 0.1) is 19.8 Å². The Bertz CT molecular complexity index is 418. The summed E-state index contributed by atoms with van der Waals surface area (Å²) in [5.74, 6) is 1.53. The number of rotatable bonds is 8. The fraction of sp³-hybridized carbons (Fsp3) is 0.706. The van der Waals surface area contributed by atoms with Crippen LogP contribution < -0.4 is 10.5 Å². The fourth-order valence-corrected chi connectivity index (χ4v) is 2.85. The summed E-state index contributed by atoms with van der Waals surface area (Å²) in [6.07, 6.45) is 7.58. The van der Waals surface area contributed by atoms with Crippen molar-refractivity contribution in [3.8, 4) is 5.75 Å². The van der Waals surface area contributed by atoms with E-state index in [0.717, 1.165) is 35.4 Å². The van der Waals surface area contributed by atoms with Gasteiger partial charge in [0.25, 0.3) is 0 Å². The number of methoxy groups -OCH3 is 1. The summed E-state index contributed by atoms with van der Waals surface area (Å²) < 4.78 is 5.47. The topological polar surface area (TPSA) is 48.1 Å². The van der Waals surface area contributed by atoms with Gasteiger partial charge in [0.2, 0.25) is 0 Å². The Hall–Kier alpha value is -1.09. The Labute approximate surface area is 123 Å². The minimum Gasteiger partial charge on any atom is -0.496 e. The zero-order chi connectivity index (χ0) is 15.1. The number of ether oxygens (including phenoxy) is 1. The highest BCUT2D eigenvalue weighted by atomic mass is 16.5. The lowest BCUT2D eigenvalue weighted by Crippen LogP contribution is -2.32. The molecule has 0 bridgehead atoms. The van der Waals surface area contributed by atoms with E-state index < -0.39 is 0 Å². The zero-order valence-electron chi connectivity index (χ0n) is 13.7. The van der Waals surface area contributed by atoms with Gasteiger partial charge in [-0.15, -0.1) is 0 Å². The van der Waals surface area contributed by atoms with Crippen LogP contribution in [0.15, 0.2) is 6.20 Å². The molecule has 0 fully saturated rings. The SMILES string of the molecule is CCCCC(CC)C(N)Cc1ncc(C)c(OC)c1C.